The Bertz CT molecular complexity index is 344. The van der Waals surface area contributed by atoms with Crippen LogP contribution in [-0.2, 0) is 4.79 Å². The topological polar surface area (TPSA) is 38.3 Å². The Morgan fingerprint density at radius 1 is 1.64 bits per heavy atom. The molecular formula is C9H10BrNO2S. The van der Waals surface area contributed by atoms with E-state index in [2.05, 4.69) is 33.9 Å². The van der Waals surface area contributed by atoms with Crippen molar-refractivity contribution in [3.63, 3.8) is 0 Å². The summed E-state index contributed by atoms with van der Waals surface area (Å²) < 4.78 is 5.97. The Morgan fingerprint density at radius 3 is 2.93 bits per heavy atom. The van der Waals surface area contributed by atoms with Crippen LogP contribution >= 0.6 is 28.6 Å². The number of carbonyl (C=O) groups is 1. The summed E-state index contributed by atoms with van der Waals surface area (Å²) in [7, 11) is 1.56. The first-order valence-corrected chi connectivity index (χ1v) is 5.34. The molecule has 0 bridgehead atoms. The van der Waals surface area contributed by atoms with Crippen LogP contribution in [0.15, 0.2) is 22.7 Å². The van der Waals surface area contributed by atoms with Gasteiger partial charge in [0, 0.05) is 4.47 Å². The summed E-state index contributed by atoms with van der Waals surface area (Å²) in [6.45, 7) is 0. The molecular weight excluding hydrogens is 266 g/mol. The smallest absolute Gasteiger partial charge is 0.234 e. The highest BCUT2D eigenvalue weighted by molar-refractivity contribution is 9.10. The van der Waals surface area contributed by atoms with Gasteiger partial charge in [0.05, 0.1) is 18.6 Å². The molecule has 76 valence electrons. The molecule has 0 aliphatic heterocycles. The molecule has 0 atom stereocenters. The van der Waals surface area contributed by atoms with Crippen molar-refractivity contribution in [2.75, 3.05) is 18.2 Å². The third-order valence-corrected chi connectivity index (χ3v) is 2.36. The molecule has 0 aliphatic rings. The lowest BCUT2D eigenvalue weighted by Crippen LogP contribution is -2.13. The van der Waals surface area contributed by atoms with Crippen LogP contribution < -0.4 is 10.1 Å². The van der Waals surface area contributed by atoms with E-state index < -0.39 is 0 Å². The number of hydrogen-bond acceptors (Lipinski definition) is 3. The van der Waals surface area contributed by atoms with Gasteiger partial charge in [-0.05, 0) is 18.2 Å². The van der Waals surface area contributed by atoms with Gasteiger partial charge in [-0.15, -0.1) is 0 Å². The zero-order chi connectivity index (χ0) is 10.6. The van der Waals surface area contributed by atoms with Gasteiger partial charge in [0.15, 0.2) is 0 Å². The molecule has 0 saturated heterocycles. The fourth-order valence-corrected chi connectivity index (χ4v) is 1.41. The molecule has 0 radical (unpaired) electrons. The van der Waals surface area contributed by atoms with E-state index >= 15 is 0 Å². The normalized spacial score (nSPS) is 9.64. The van der Waals surface area contributed by atoms with E-state index in [4.69, 9.17) is 4.74 Å². The quantitative estimate of drug-likeness (QED) is 0.831. The zero-order valence-electron chi connectivity index (χ0n) is 7.58. The molecule has 14 heavy (non-hydrogen) atoms. The Balaban J connectivity index is 2.93. The first kappa shape index (κ1) is 11.4. The Labute approximate surface area is 96.4 Å². The number of carbonyl (C=O) groups excluding carboxylic acids is 1. The van der Waals surface area contributed by atoms with Crippen LogP contribution in [0.25, 0.3) is 0 Å². The Morgan fingerprint density at radius 2 is 2.36 bits per heavy atom. The fraction of sp³-hybridized carbons (Fsp3) is 0.222. The van der Waals surface area contributed by atoms with Crippen molar-refractivity contribution in [3.8, 4) is 5.75 Å². The largest absolute Gasteiger partial charge is 0.495 e. The van der Waals surface area contributed by atoms with Gasteiger partial charge in [-0.2, -0.15) is 12.6 Å². The number of amides is 1. The second-order valence-corrected chi connectivity index (χ2v) is 3.78. The predicted molar refractivity (Wildman–Crippen MR) is 63.2 cm³/mol. The van der Waals surface area contributed by atoms with Gasteiger partial charge in [-0.25, -0.2) is 0 Å². The van der Waals surface area contributed by atoms with Crippen LogP contribution in [0.2, 0.25) is 0 Å². The van der Waals surface area contributed by atoms with Crippen molar-refractivity contribution < 1.29 is 9.53 Å². The third kappa shape index (κ3) is 2.92. The lowest BCUT2D eigenvalue weighted by molar-refractivity contribution is -0.113. The van der Waals surface area contributed by atoms with Crippen LogP contribution in [0.3, 0.4) is 0 Å². The summed E-state index contributed by atoms with van der Waals surface area (Å²) in [5.74, 6) is 0.614. The van der Waals surface area contributed by atoms with Gasteiger partial charge in [0.25, 0.3) is 0 Å². The SMILES string of the molecule is COc1ccc(Br)cc1NC(=O)CS. The Kier molecular flexibility index (Phi) is 4.28. The molecule has 0 spiro atoms. The van der Waals surface area contributed by atoms with Crippen LogP contribution in [0.4, 0.5) is 5.69 Å². The number of nitrogens with one attached hydrogen (secondary N) is 1. The minimum Gasteiger partial charge on any atom is -0.495 e. The predicted octanol–water partition coefficient (Wildman–Crippen LogP) is 2.33. The number of ether oxygens (including phenoxy) is 1. The lowest BCUT2D eigenvalue weighted by atomic mass is 10.3. The fourth-order valence-electron chi connectivity index (χ4n) is 0.968. The summed E-state index contributed by atoms with van der Waals surface area (Å²) in [6.07, 6.45) is 0. The van der Waals surface area contributed by atoms with E-state index in [1.807, 2.05) is 6.07 Å². The number of anilines is 1. The highest BCUT2D eigenvalue weighted by Gasteiger charge is 2.06. The number of halogens is 1. The van der Waals surface area contributed by atoms with Crippen molar-refractivity contribution in [2.45, 2.75) is 0 Å². The minimum atomic E-state index is -0.162. The second-order valence-electron chi connectivity index (χ2n) is 2.55. The standard InChI is InChI=1S/C9H10BrNO2S/c1-13-8-3-2-6(10)4-7(8)11-9(12)5-14/h2-4,14H,5H2,1H3,(H,11,12). The molecule has 0 fully saturated rings. The zero-order valence-corrected chi connectivity index (χ0v) is 10.1. The first-order chi connectivity index (χ1) is 6.67. The van der Waals surface area contributed by atoms with Crippen LogP contribution in [-0.4, -0.2) is 18.8 Å². The second kappa shape index (κ2) is 5.26. The van der Waals surface area contributed by atoms with Gasteiger partial charge in [0.2, 0.25) is 5.91 Å². The van der Waals surface area contributed by atoms with Crippen molar-refractivity contribution >= 4 is 40.2 Å². The van der Waals surface area contributed by atoms with E-state index in [9.17, 15) is 4.79 Å². The van der Waals surface area contributed by atoms with Crippen molar-refractivity contribution in [1.29, 1.82) is 0 Å². The molecule has 0 aromatic heterocycles. The molecule has 0 aliphatic carbocycles. The van der Waals surface area contributed by atoms with Crippen LogP contribution in [0.1, 0.15) is 0 Å². The molecule has 1 N–H and O–H groups in total. The summed E-state index contributed by atoms with van der Waals surface area (Å²) in [4.78, 5) is 11.1. The number of methoxy groups -OCH3 is 1. The maximum atomic E-state index is 11.1. The van der Waals surface area contributed by atoms with Crippen molar-refractivity contribution in [2.24, 2.45) is 0 Å². The molecule has 1 aromatic carbocycles. The summed E-state index contributed by atoms with van der Waals surface area (Å²) >= 11 is 7.18. The maximum absolute atomic E-state index is 11.1. The highest BCUT2D eigenvalue weighted by atomic mass is 79.9. The Hall–Kier alpha value is -0.680. The lowest BCUT2D eigenvalue weighted by Gasteiger charge is -2.09. The van der Waals surface area contributed by atoms with Gasteiger partial charge in [0.1, 0.15) is 5.75 Å². The van der Waals surface area contributed by atoms with Crippen LogP contribution in [0, 0.1) is 0 Å². The molecule has 1 aromatic rings. The highest BCUT2D eigenvalue weighted by Crippen LogP contribution is 2.27. The molecule has 0 unspecified atom stereocenters. The first-order valence-electron chi connectivity index (χ1n) is 3.91. The minimum absolute atomic E-state index is 0.148. The average molecular weight is 276 g/mol. The summed E-state index contributed by atoms with van der Waals surface area (Å²) in [5.41, 5.74) is 0.640. The molecule has 3 nitrogen and oxygen atoms in total. The van der Waals surface area contributed by atoms with Crippen LogP contribution in [0.5, 0.6) is 5.75 Å². The van der Waals surface area contributed by atoms with Crippen molar-refractivity contribution in [1.82, 2.24) is 0 Å². The van der Waals surface area contributed by atoms with E-state index in [1.165, 1.54) is 0 Å². The molecule has 5 heteroatoms. The molecule has 1 rings (SSSR count). The van der Waals surface area contributed by atoms with E-state index in [0.717, 1.165) is 4.47 Å². The molecule has 1 amide bonds. The number of hydrogen-bond donors (Lipinski definition) is 2. The number of thiol groups is 1. The van der Waals surface area contributed by atoms with E-state index in [1.54, 1.807) is 19.2 Å². The monoisotopic (exact) mass is 275 g/mol. The molecule has 0 saturated carbocycles. The maximum Gasteiger partial charge on any atom is 0.234 e. The van der Waals surface area contributed by atoms with Gasteiger partial charge in [-0.1, -0.05) is 15.9 Å². The van der Waals surface area contributed by atoms with Gasteiger partial charge in [-0.3, -0.25) is 4.79 Å². The third-order valence-electron chi connectivity index (χ3n) is 1.58. The van der Waals surface area contributed by atoms with Crippen molar-refractivity contribution in [3.05, 3.63) is 22.7 Å². The summed E-state index contributed by atoms with van der Waals surface area (Å²) in [5, 5.41) is 2.68. The molecule has 0 heterocycles. The van der Waals surface area contributed by atoms with Gasteiger partial charge >= 0.3 is 0 Å². The number of rotatable bonds is 3. The van der Waals surface area contributed by atoms with E-state index in [0.29, 0.717) is 11.4 Å². The summed E-state index contributed by atoms with van der Waals surface area (Å²) in [6, 6.07) is 5.40. The average Bonchev–Trinajstić information content (AvgIpc) is 2.18. The number of benzene rings is 1. The van der Waals surface area contributed by atoms with Gasteiger partial charge < -0.3 is 10.1 Å². The van der Waals surface area contributed by atoms with E-state index in [-0.39, 0.29) is 11.7 Å².